The van der Waals surface area contributed by atoms with E-state index in [0.29, 0.717) is 19.6 Å². The van der Waals surface area contributed by atoms with Crippen LogP contribution in [0.5, 0.6) is 0 Å². The highest BCUT2D eigenvalue weighted by Gasteiger charge is 2.40. The molecule has 0 aliphatic carbocycles. The first-order valence-electron chi connectivity index (χ1n) is 18.3. The van der Waals surface area contributed by atoms with E-state index in [-0.39, 0.29) is 65.5 Å². The number of rotatable bonds is 14. The minimum atomic E-state index is -4.86. The Kier molecular flexibility index (Phi) is 135. The van der Waals surface area contributed by atoms with Crippen molar-refractivity contribution in [2.45, 2.75) is 79.1 Å². The quantitative estimate of drug-likeness (QED) is 0.0969. The standard InChI is InChI=1S/C6H11FO2.C4H5F5.C3H2F4.2C3H5FOS2.C3H7F.2C2H3F3.C2HF3.C2H2F2.3C2H4F2.CH4/c1-5(3-4-7)6(8)9-2;5-1-3(7)4(8,9)2-6;1-2(4)3(5,6)7;2*1-2-5-3(6)7-4;1-2-3-4;3*3-1-2(4)5;1-2(3)4;3*3-1-2-4;/h5H,3-4H2,1-2H3;3H,1-2H2;1H2;2*2H2,1H3;2-3H2,1H3;2*2H,1H2;1H;1H2;3*1-2H2;1H4. The minimum absolute atomic E-state index is 0. The van der Waals surface area contributed by atoms with Crippen molar-refractivity contribution in [3.05, 3.63) is 37.5 Å². The van der Waals surface area contributed by atoms with Crippen LogP contribution in [0.15, 0.2) is 37.5 Å². The second-order valence-electron chi connectivity index (χ2n) is 9.49. The van der Waals surface area contributed by atoms with E-state index in [1.165, 1.54) is 7.11 Å². The number of carbonyl (C=O) groups excluding carboxylic acids is 1. The van der Waals surface area contributed by atoms with Crippen molar-refractivity contribution >= 4 is 63.5 Å². The molecule has 0 aromatic carbocycles. The highest BCUT2D eigenvalue weighted by Crippen LogP contribution is 2.24. The Bertz CT molecular complexity index is 1070. The molecule has 0 aliphatic heterocycles. The Balaban J connectivity index is -0.0000000452. The van der Waals surface area contributed by atoms with Crippen LogP contribution in [0.4, 0.5) is 131 Å². The lowest BCUT2D eigenvalue weighted by Gasteiger charge is -2.13. The first kappa shape index (κ1) is 108. The fourth-order valence-corrected chi connectivity index (χ4v) is 1.52. The third-order valence-corrected chi connectivity index (χ3v) is 4.70. The predicted octanol–water partition coefficient (Wildman–Crippen LogP) is 19.2. The first-order chi connectivity index (χ1) is 34.0. The molecule has 0 aromatic rings. The number of allylic oxidation sites excluding steroid dienone is 1. The van der Waals surface area contributed by atoms with Gasteiger partial charge in [0.25, 0.3) is 33.8 Å². The van der Waals surface area contributed by atoms with Gasteiger partial charge < -0.3 is 14.2 Å². The lowest BCUT2D eigenvalue weighted by Crippen LogP contribution is -2.33. The normalized spacial score (nSPS) is 9.72. The molecule has 0 saturated carbocycles. The zero-order valence-electron chi connectivity index (χ0n) is 39.2. The fourth-order valence-electron chi connectivity index (χ4n) is 0.960. The molecule has 2 unspecified atom stereocenters. The molecule has 0 aromatic heterocycles. The van der Waals surface area contributed by atoms with Gasteiger partial charge >= 0.3 is 18.1 Å². The Hall–Kier alpha value is -2.93. The topological polar surface area (TPSA) is 44.8 Å². The van der Waals surface area contributed by atoms with Gasteiger partial charge in [0.15, 0.2) is 38.4 Å². The number of esters is 1. The van der Waals surface area contributed by atoms with Crippen LogP contribution in [0.3, 0.4) is 0 Å². The number of thiocarbonyl (C=S) groups is 2. The molecule has 4 nitrogen and oxygen atoms in total. The number of carbonyl (C=O) groups is 1. The van der Waals surface area contributed by atoms with Gasteiger partial charge in [-0.15, -0.1) is 0 Å². The van der Waals surface area contributed by atoms with Crippen LogP contribution in [0.25, 0.3) is 0 Å². The third kappa shape index (κ3) is 183. The molecule has 0 bridgehead atoms. The van der Waals surface area contributed by atoms with Crippen molar-refractivity contribution in [1.29, 1.82) is 0 Å². The van der Waals surface area contributed by atoms with Gasteiger partial charge in [-0.2, -0.15) is 38.5 Å². The lowest BCUT2D eigenvalue weighted by atomic mass is 10.1. The summed E-state index contributed by atoms with van der Waals surface area (Å²) in [6, 6.07) is 0. The Labute approximate surface area is 435 Å². The summed E-state index contributed by atoms with van der Waals surface area (Å²) in [5.74, 6) is -7.06. The van der Waals surface area contributed by atoms with Gasteiger partial charge in [0.1, 0.15) is 71.0 Å². The molecule has 38 heteroatoms. The summed E-state index contributed by atoms with van der Waals surface area (Å²) in [5, 5.41) is 0. The van der Waals surface area contributed by atoms with Crippen LogP contribution < -0.4 is 0 Å². The van der Waals surface area contributed by atoms with Gasteiger partial charge in [-0.1, -0.05) is 27.9 Å². The van der Waals surface area contributed by atoms with Gasteiger partial charge in [-0.25, -0.2) is 83.4 Å². The molecule has 0 rings (SSSR count). The molecule has 0 heterocycles. The van der Waals surface area contributed by atoms with Crippen molar-refractivity contribution in [2.24, 2.45) is 5.92 Å². The lowest BCUT2D eigenvalue weighted by molar-refractivity contribution is -0.145. The maximum Gasteiger partial charge on any atom is 0.442 e. The largest absolute Gasteiger partial charge is 0.477 e. The van der Waals surface area contributed by atoms with Crippen molar-refractivity contribution in [3.63, 3.8) is 0 Å². The smallest absolute Gasteiger partial charge is 0.442 e. The van der Waals surface area contributed by atoms with Crippen LogP contribution in [0.1, 0.15) is 48.0 Å². The molecular formula is C37H60F30O4S4. The van der Waals surface area contributed by atoms with Crippen LogP contribution in [-0.2, 0) is 19.0 Å². The molecular weight excluding hydrogens is 1210 g/mol. The molecule has 0 amide bonds. The van der Waals surface area contributed by atoms with E-state index in [4.69, 9.17) is 0 Å². The molecule has 2 atom stereocenters. The number of halogens is 30. The Morgan fingerprint density at radius 3 is 0.907 bits per heavy atom. The maximum absolute atomic E-state index is 11.6. The summed E-state index contributed by atoms with van der Waals surface area (Å²) in [6.07, 6.45) is -17.4. The number of hydrogen-bond donors (Lipinski definition) is 0. The van der Waals surface area contributed by atoms with Crippen LogP contribution in [0, 0.1) is 5.92 Å². The van der Waals surface area contributed by atoms with E-state index < -0.39 is 129 Å². The summed E-state index contributed by atoms with van der Waals surface area (Å²) in [5.41, 5.74) is 0. The molecule has 0 aliphatic rings. The van der Waals surface area contributed by atoms with E-state index >= 15 is 0 Å². The van der Waals surface area contributed by atoms with E-state index in [0.717, 1.165) is 0 Å². The monoisotopic (exact) mass is 1270 g/mol. The van der Waals surface area contributed by atoms with Gasteiger partial charge in [-0.3, -0.25) is 13.6 Å². The second-order valence-corrected chi connectivity index (χ2v) is 11.8. The highest BCUT2D eigenvalue weighted by atomic mass is 32.2. The number of alkyl halides is 22. The predicted molar refractivity (Wildman–Crippen MR) is 241 cm³/mol. The maximum atomic E-state index is 11.6. The number of ether oxygens (including phenoxy) is 3. The SMILES string of the molecule is C.C=C(F)C(F)(F)F.C=C(F)F.CCCF.CCOC(=S)SF.CCOC(=S)SF.COC(=O)C(C)CCF.FC=C(F)F.FCC(F)C(F)(F)CF.FCC(F)F.FCC(F)F.FCCF.FCCF.FCCF. The van der Waals surface area contributed by atoms with Gasteiger partial charge in [-0.05, 0) is 57.7 Å². The number of methoxy groups -OCH3 is 1. The van der Waals surface area contributed by atoms with E-state index in [2.05, 4.69) is 45.2 Å². The average molecular weight is 1270 g/mol. The zero-order chi connectivity index (χ0) is 62.3. The zero-order valence-corrected chi connectivity index (χ0v) is 42.5. The second kappa shape index (κ2) is 93.6. The molecule has 0 radical (unpaired) electrons. The fraction of sp³-hybridized carbons (Fsp3) is 0.757. The third-order valence-electron chi connectivity index (χ3n) is 3.59. The Morgan fingerprint density at radius 1 is 0.600 bits per heavy atom. The van der Waals surface area contributed by atoms with E-state index in [1.54, 1.807) is 27.7 Å². The summed E-state index contributed by atoms with van der Waals surface area (Å²) in [4.78, 5) is 10.5. The molecule has 0 spiro atoms. The highest BCUT2D eigenvalue weighted by molar-refractivity contribution is 8.19. The number of hydrogen-bond acceptors (Lipinski definition) is 8. The van der Waals surface area contributed by atoms with Crippen molar-refractivity contribution in [2.75, 3.05) is 100 Å². The van der Waals surface area contributed by atoms with Crippen molar-refractivity contribution < 1.29 is 150 Å². The average Bonchev–Trinajstić information content (AvgIpc) is 3.36. The van der Waals surface area contributed by atoms with Gasteiger partial charge in [0, 0.05) is 0 Å². The first-order valence-corrected chi connectivity index (χ1v) is 20.6. The summed E-state index contributed by atoms with van der Waals surface area (Å²) in [6.45, 7) is -0.694. The van der Waals surface area contributed by atoms with Crippen molar-refractivity contribution in [3.8, 4) is 0 Å². The van der Waals surface area contributed by atoms with Gasteiger partial charge in [0.2, 0.25) is 0 Å². The molecule has 0 fully saturated rings. The molecule has 0 saturated heterocycles. The van der Waals surface area contributed by atoms with E-state index in [9.17, 15) is 135 Å². The van der Waals surface area contributed by atoms with E-state index in [1.807, 2.05) is 6.58 Å². The summed E-state index contributed by atoms with van der Waals surface area (Å²) < 4.78 is 333. The minimum Gasteiger partial charge on any atom is -0.477 e. The van der Waals surface area contributed by atoms with Gasteiger partial charge in [0.05, 0.1) is 39.6 Å². The molecule has 466 valence electrons. The van der Waals surface area contributed by atoms with Crippen LogP contribution in [0.2, 0.25) is 0 Å². The Morgan fingerprint density at radius 2 is 0.840 bits per heavy atom. The van der Waals surface area contributed by atoms with Crippen molar-refractivity contribution in [1.82, 2.24) is 0 Å². The van der Waals surface area contributed by atoms with Crippen LogP contribution in [-0.4, -0.2) is 146 Å². The summed E-state index contributed by atoms with van der Waals surface area (Å²) >= 11 is 8.56. The molecule has 75 heavy (non-hydrogen) atoms. The summed E-state index contributed by atoms with van der Waals surface area (Å²) in [7, 11) is 1.30. The molecule has 0 N–H and O–H groups in total. The van der Waals surface area contributed by atoms with Crippen LogP contribution >= 0.6 is 48.7 Å².